The van der Waals surface area contributed by atoms with Crippen LogP contribution in [0.15, 0.2) is 0 Å². The first-order chi connectivity index (χ1) is 11.2. The monoisotopic (exact) mass is 357 g/mol. The summed E-state index contributed by atoms with van der Waals surface area (Å²) in [5.41, 5.74) is -0.419. The lowest BCUT2D eigenvalue weighted by Crippen LogP contribution is -2.37. The van der Waals surface area contributed by atoms with E-state index in [1.165, 1.54) is 0 Å². The third kappa shape index (κ3) is 12.1. The second kappa shape index (κ2) is 10.3. The molecule has 0 amide bonds. The minimum absolute atomic E-state index is 0.00170. The van der Waals surface area contributed by atoms with Gasteiger partial charge in [0.25, 0.3) is 0 Å². The lowest BCUT2D eigenvalue weighted by molar-refractivity contribution is -0.204. The fourth-order valence-electron chi connectivity index (χ4n) is 2.36. The molecule has 0 radical (unpaired) electrons. The molecule has 1 N–H and O–H groups in total. The number of Topliss-reactive ketones (excluding diaryl/α,β-unsaturated/α-hetero) is 1. The lowest BCUT2D eigenvalue weighted by atomic mass is 9.92. The molecule has 5 heteroatoms. The van der Waals surface area contributed by atoms with Crippen molar-refractivity contribution in [1.29, 1.82) is 0 Å². The predicted octanol–water partition coefficient (Wildman–Crippen LogP) is 4.09. The lowest BCUT2D eigenvalue weighted by Gasteiger charge is -2.30. The first-order valence-electron chi connectivity index (χ1n) is 9.39. The Morgan fingerprint density at radius 2 is 1.56 bits per heavy atom. The highest BCUT2D eigenvalue weighted by molar-refractivity contribution is 5.80. The topological polar surface area (TPSA) is 64.6 Å². The molecule has 0 saturated carbocycles. The maximum Gasteiger partial charge on any atom is 0.310 e. The van der Waals surface area contributed by atoms with Crippen molar-refractivity contribution in [1.82, 2.24) is 5.32 Å². The number of esters is 1. The van der Waals surface area contributed by atoms with E-state index in [9.17, 15) is 9.59 Å². The van der Waals surface area contributed by atoms with Gasteiger partial charge < -0.3 is 14.8 Å². The van der Waals surface area contributed by atoms with Crippen LogP contribution in [0.5, 0.6) is 0 Å². The van der Waals surface area contributed by atoms with Crippen molar-refractivity contribution in [3.63, 3.8) is 0 Å². The van der Waals surface area contributed by atoms with Gasteiger partial charge in [-0.05, 0) is 54.4 Å². The molecular formula is C20H39NO4. The smallest absolute Gasteiger partial charge is 0.310 e. The van der Waals surface area contributed by atoms with Crippen molar-refractivity contribution >= 4 is 11.8 Å². The average Bonchev–Trinajstić information content (AvgIpc) is 2.42. The van der Waals surface area contributed by atoms with Crippen molar-refractivity contribution in [2.24, 2.45) is 11.8 Å². The zero-order chi connectivity index (χ0) is 19.8. The van der Waals surface area contributed by atoms with Crippen molar-refractivity contribution in [2.75, 3.05) is 6.54 Å². The van der Waals surface area contributed by atoms with Gasteiger partial charge in [0.2, 0.25) is 6.29 Å². The second-order valence-electron chi connectivity index (χ2n) is 8.87. The molecule has 148 valence electrons. The number of nitrogens with one attached hydrogen (secondary N) is 1. The standard InChI is InChI=1S/C20H39NO4/c1-14(2)18(23)24-16(4)25-20(8,9)12-10-15(3)17(22)11-13-21-19(5,6)7/h14-16,21H,10-13H2,1-9H3. The van der Waals surface area contributed by atoms with Crippen LogP contribution in [0.4, 0.5) is 0 Å². The van der Waals surface area contributed by atoms with Crippen molar-refractivity contribution < 1.29 is 19.1 Å². The van der Waals surface area contributed by atoms with Crippen LogP contribution < -0.4 is 5.32 Å². The molecule has 0 spiro atoms. The largest absolute Gasteiger partial charge is 0.436 e. The maximum atomic E-state index is 12.2. The summed E-state index contributed by atoms with van der Waals surface area (Å²) in [5, 5.41) is 3.34. The Hall–Kier alpha value is -0.940. The average molecular weight is 358 g/mol. The zero-order valence-electron chi connectivity index (χ0n) is 17.7. The van der Waals surface area contributed by atoms with Crippen LogP contribution in [-0.4, -0.2) is 35.7 Å². The number of ether oxygens (including phenoxy) is 2. The fourth-order valence-corrected chi connectivity index (χ4v) is 2.36. The SMILES string of the molecule is CC(OC(=O)C(C)C)OC(C)(C)CCC(C)C(=O)CCNC(C)(C)C. The third-order valence-electron chi connectivity index (χ3n) is 3.99. The molecule has 0 aliphatic carbocycles. The summed E-state index contributed by atoms with van der Waals surface area (Å²) >= 11 is 0. The first kappa shape index (κ1) is 24.1. The Morgan fingerprint density at radius 1 is 1.00 bits per heavy atom. The number of carbonyl (C=O) groups excluding carboxylic acids is 2. The zero-order valence-corrected chi connectivity index (χ0v) is 17.7. The fraction of sp³-hybridized carbons (Fsp3) is 0.900. The quantitative estimate of drug-likeness (QED) is 0.446. The van der Waals surface area contributed by atoms with Crippen LogP contribution in [0.2, 0.25) is 0 Å². The Labute approximate surface area is 154 Å². The minimum Gasteiger partial charge on any atom is -0.436 e. The molecule has 2 unspecified atom stereocenters. The number of hydrogen-bond donors (Lipinski definition) is 1. The van der Waals surface area contributed by atoms with Gasteiger partial charge >= 0.3 is 5.97 Å². The molecule has 0 heterocycles. The Balaban J connectivity index is 4.25. The second-order valence-corrected chi connectivity index (χ2v) is 8.87. The van der Waals surface area contributed by atoms with Gasteiger partial charge in [-0.2, -0.15) is 0 Å². The van der Waals surface area contributed by atoms with E-state index in [0.717, 1.165) is 12.8 Å². The summed E-state index contributed by atoms with van der Waals surface area (Å²) in [4.78, 5) is 23.9. The van der Waals surface area contributed by atoms with Gasteiger partial charge in [-0.1, -0.05) is 20.8 Å². The molecule has 0 aliphatic rings. The third-order valence-corrected chi connectivity index (χ3v) is 3.99. The van der Waals surface area contributed by atoms with E-state index in [2.05, 4.69) is 26.1 Å². The summed E-state index contributed by atoms with van der Waals surface area (Å²) < 4.78 is 11.1. The molecule has 0 rings (SSSR count). The van der Waals surface area contributed by atoms with Gasteiger partial charge in [0.15, 0.2) is 0 Å². The van der Waals surface area contributed by atoms with Crippen molar-refractivity contribution in [2.45, 2.75) is 99.0 Å². The van der Waals surface area contributed by atoms with E-state index < -0.39 is 11.9 Å². The maximum absolute atomic E-state index is 12.2. The van der Waals surface area contributed by atoms with Gasteiger partial charge in [-0.25, -0.2) is 0 Å². The van der Waals surface area contributed by atoms with Gasteiger partial charge in [-0.3, -0.25) is 9.59 Å². The van der Waals surface area contributed by atoms with Crippen molar-refractivity contribution in [3.05, 3.63) is 0 Å². The number of ketones is 1. The van der Waals surface area contributed by atoms with Crippen LogP contribution in [-0.2, 0) is 19.1 Å². The number of hydrogen-bond acceptors (Lipinski definition) is 5. The molecule has 0 saturated heterocycles. The summed E-state index contributed by atoms with van der Waals surface area (Å²) in [6.07, 6.45) is 1.44. The normalized spacial score (nSPS) is 15.1. The van der Waals surface area contributed by atoms with Gasteiger partial charge in [0, 0.05) is 24.4 Å². The van der Waals surface area contributed by atoms with Gasteiger partial charge in [0.05, 0.1) is 11.5 Å². The highest BCUT2D eigenvalue weighted by Crippen LogP contribution is 2.23. The molecule has 25 heavy (non-hydrogen) atoms. The molecule has 0 bridgehead atoms. The van der Waals surface area contributed by atoms with Crippen LogP contribution in [0.1, 0.15) is 81.6 Å². The van der Waals surface area contributed by atoms with E-state index in [4.69, 9.17) is 9.47 Å². The van der Waals surface area contributed by atoms with Crippen LogP contribution >= 0.6 is 0 Å². The molecule has 0 aromatic heterocycles. The molecule has 2 atom stereocenters. The first-order valence-corrected chi connectivity index (χ1v) is 9.39. The Kier molecular flexibility index (Phi) is 9.88. The van der Waals surface area contributed by atoms with Crippen LogP contribution in [0, 0.1) is 11.8 Å². The summed E-state index contributed by atoms with van der Waals surface area (Å²) in [5.74, 6) is -0.170. The van der Waals surface area contributed by atoms with Gasteiger partial charge in [-0.15, -0.1) is 0 Å². The number of carbonyl (C=O) groups is 2. The molecule has 0 aromatic carbocycles. The molecule has 0 aromatic rings. The number of rotatable bonds is 11. The Morgan fingerprint density at radius 3 is 2.04 bits per heavy atom. The summed E-state index contributed by atoms with van der Waals surface area (Å²) in [7, 11) is 0. The molecule has 5 nitrogen and oxygen atoms in total. The highest BCUT2D eigenvalue weighted by Gasteiger charge is 2.26. The molecule has 0 aliphatic heterocycles. The van der Waals surface area contributed by atoms with E-state index in [0.29, 0.717) is 13.0 Å². The summed E-state index contributed by atoms with van der Waals surface area (Å²) in [6, 6.07) is 0. The van der Waals surface area contributed by atoms with E-state index in [1.54, 1.807) is 20.8 Å². The van der Waals surface area contributed by atoms with Gasteiger partial charge in [0.1, 0.15) is 5.78 Å². The van der Waals surface area contributed by atoms with Crippen LogP contribution in [0.25, 0.3) is 0 Å². The van der Waals surface area contributed by atoms with E-state index >= 15 is 0 Å². The van der Waals surface area contributed by atoms with E-state index in [1.807, 2.05) is 20.8 Å². The molecule has 0 fully saturated rings. The minimum atomic E-state index is -0.591. The predicted molar refractivity (Wildman–Crippen MR) is 101 cm³/mol. The summed E-state index contributed by atoms with van der Waals surface area (Å²) in [6.45, 7) is 18.2. The highest BCUT2D eigenvalue weighted by atomic mass is 16.7. The Bertz CT molecular complexity index is 424. The van der Waals surface area contributed by atoms with Crippen molar-refractivity contribution in [3.8, 4) is 0 Å². The van der Waals surface area contributed by atoms with E-state index in [-0.39, 0.29) is 29.1 Å². The molecular weight excluding hydrogens is 318 g/mol. The van der Waals surface area contributed by atoms with Crippen LogP contribution in [0.3, 0.4) is 0 Å².